The van der Waals surface area contributed by atoms with Crippen LogP contribution in [0, 0.1) is 5.92 Å². The van der Waals surface area contributed by atoms with E-state index in [2.05, 4.69) is 69.4 Å². The molecule has 0 aromatic rings. The van der Waals surface area contributed by atoms with Crippen molar-refractivity contribution in [3.63, 3.8) is 0 Å². The van der Waals surface area contributed by atoms with Crippen LogP contribution in [0.2, 0.25) is 0 Å². The Morgan fingerprint density at radius 2 is 1.02 bits per heavy atom. The van der Waals surface area contributed by atoms with Gasteiger partial charge in [0.25, 0.3) is 0 Å². The summed E-state index contributed by atoms with van der Waals surface area (Å²) in [5.41, 5.74) is 0. The SMILES string of the molecule is CCCC(O)C/C=C\C/C=C\C/C=C\C/C=C\CCCC(=O)OC[C@@H](O)COC(=O)CCCCCCCCCCCCC(C)CC. The molecule has 0 aromatic carbocycles. The number of carbonyl (C=O) groups excluding carboxylic acids is 2. The van der Waals surface area contributed by atoms with Crippen molar-refractivity contribution >= 4 is 11.9 Å². The van der Waals surface area contributed by atoms with E-state index in [-0.39, 0.29) is 31.3 Å². The molecule has 0 radical (unpaired) electrons. The predicted octanol–water partition coefficient (Wildman–Crippen LogP) is 10.3. The largest absolute Gasteiger partial charge is 0.463 e. The molecule has 2 N–H and O–H groups in total. The molecule has 0 saturated carbocycles. The zero-order chi connectivity index (χ0) is 33.9. The van der Waals surface area contributed by atoms with Crippen molar-refractivity contribution in [3.8, 4) is 0 Å². The number of unbranched alkanes of at least 4 members (excludes halogenated alkanes) is 10. The minimum atomic E-state index is -0.995. The van der Waals surface area contributed by atoms with E-state index in [0.717, 1.165) is 70.1 Å². The lowest BCUT2D eigenvalue weighted by Crippen LogP contribution is -2.25. The van der Waals surface area contributed by atoms with Crippen LogP contribution in [0.3, 0.4) is 0 Å². The first-order chi connectivity index (χ1) is 22.4. The zero-order valence-electron chi connectivity index (χ0n) is 29.8. The van der Waals surface area contributed by atoms with E-state index in [1.165, 1.54) is 57.8 Å². The summed E-state index contributed by atoms with van der Waals surface area (Å²) in [7, 11) is 0. The van der Waals surface area contributed by atoms with Gasteiger partial charge in [0, 0.05) is 12.8 Å². The summed E-state index contributed by atoms with van der Waals surface area (Å²) in [4.78, 5) is 23.9. The van der Waals surface area contributed by atoms with Crippen molar-refractivity contribution in [2.45, 2.75) is 174 Å². The molecule has 3 atom stereocenters. The van der Waals surface area contributed by atoms with Crippen molar-refractivity contribution in [3.05, 3.63) is 48.6 Å². The maximum Gasteiger partial charge on any atom is 0.305 e. The Labute approximate surface area is 282 Å². The number of rotatable bonds is 32. The van der Waals surface area contributed by atoms with E-state index in [1.54, 1.807) is 0 Å². The number of aliphatic hydroxyl groups excluding tert-OH is 2. The molecule has 46 heavy (non-hydrogen) atoms. The second-order valence-corrected chi connectivity index (χ2v) is 12.8. The van der Waals surface area contributed by atoms with Crippen LogP contribution in [0.15, 0.2) is 48.6 Å². The lowest BCUT2D eigenvalue weighted by molar-refractivity contribution is -0.152. The number of ether oxygens (including phenoxy) is 2. The second-order valence-electron chi connectivity index (χ2n) is 12.8. The summed E-state index contributed by atoms with van der Waals surface area (Å²) in [6.07, 6.45) is 37.9. The first-order valence-electron chi connectivity index (χ1n) is 18.7. The minimum absolute atomic E-state index is 0.142. The highest BCUT2D eigenvalue weighted by Crippen LogP contribution is 2.15. The van der Waals surface area contributed by atoms with Gasteiger partial charge in [0.2, 0.25) is 0 Å². The van der Waals surface area contributed by atoms with Crippen LogP contribution in [0.25, 0.3) is 0 Å². The predicted molar refractivity (Wildman–Crippen MR) is 193 cm³/mol. The van der Waals surface area contributed by atoms with Gasteiger partial charge in [0.1, 0.15) is 19.3 Å². The second kappa shape index (κ2) is 34.2. The fourth-order valence-corrected chi connectivity index (χ4v) is 4.95. The van der Waals surface area contributed by atoms with E-state index >= 15 is 0 Å². The normalized spacial score (nSPS) is 14.1. The van der Waals surface area contributed by atoms with Gasteiger partial charge in [-0.15, -0.1) is 0 Å². The average Bonchev–Trinajstić information content (AvgIpc) is 3.04. The monoisotopic (exact) mass is 647 g/mol. The van der Waals surface area contributed by atoms with Gasteiger partial charge in [-0.25, -0.2) is 0 Å². The van der Waals surface area contributed by atoms with Crippen LogP contribution in [0.5, 0.6) is 0 Å². The van der Waals surface area contributed by atoms with Gasteiger partial charge in [-0.2, -0.15) is 0 Å². The van der Waals surface area contributed by atoms with Crippen molar-refractivity contribution in [2.24, 2.45) is 5.92 Å². The summed E-state index contributed by atoms with van der Waals surface area (Å²) >= 11 is 0. The molecule has 0 spiro atoms. The molecule has 0 heterocycles. The van der Waals surface area contributed by atoms with Crippen molar-refractivity contribution in [2.75, 3.05) is 13.2 Å². The molecule has 0 rings (SSSR count). The third-order valence-electron chi connectivity index (χ3n) is 8.16. The van der Waals surface area contributed by atoms with E-state index < -0.39 is 6.10 Å². The Kier molecular flexibility index (Phi) is 32.5. The van der Waals surface area contributed by atoms with Crippen LogP contribution >= 0.6 is 0 Å². The quantitative estimate of drug-likeness (QED) is 0.0429. The standard InChI is InChI=1S/C40H70O6/c1-4-29-37(41)31-26-22-18-14-9-7-6-8-10-15-19-23-27-32-39(43)45-34-38(42)35-46-40(44)33-28-24-20-16-12-11-13-17-21-25-30-36(3)5-2/h6,8-9,14-15,19,22,26,36-38,41-42H,4-5,7,10-13,16-18,20-21,23-25,27-35H2,1-3H3/b8-6-,14-9-,19-15-,26-22-/t36?,37?,38-/m1/s1. The molecule has 0 aliphatic heterocycles. The molecular formula is C40H70O6. The number of hydrogen-bond donors (Lipinski definition) is 2. The third kappa shape index (κ3) is 33.2. The first kappa shape index (κ1) is 43.8. The summed E-state index contributed by atoms with van der Waals surface area (Å²) in [5.74, 6) is 0.222. The Morgan fingerprint density at radius 1 is 0.565 bits per heavy atom. The van der Waals surface area contributed by atoms with Gasteiger partial charge in [-0.3, -0.25) is 9.59 Å². The lowest BCUT2D eigenvalue weighted by Gasteiger charge is -2.12. The lowest BCUT2D eigenvalue weighted by atomic mass is 9.99. The van der Waals surface area contributed by atoms with E-state index in [1.807, 2.05) is 0 Å². The molecule has 0 bridgehead atoms. The molecule has 266 valence electrons. The van der Waals surface area contributed by atoms with Crippen LogP contribution in [-0.4, -0.2) is 47.6 Å². The molecule has 0 fully saturated rings. The number of carbonyl (C=O) groups is 2. The van der Waals surface area contributed by atoms with Gasteiger partial charge >= 0.3 is 11.9 Å². The van der Waals surface area contributed by atoms with Crippen molar-refractivity contribution < 1.29 is 29.3 Å². The zero-order valence-corrected chi connectivity index (χ0v) is 29.8. The van der Waals surface area contributed by atoms with E-state index in [9.17, 15) is 19.8 Å². The Hall–Kier alpha value is -2.18. The van der Waals surface area contributed by atoms with E-state index in [4.69, 9.17) is 9.47 Å². The van der Waals surface area contributed by atoms with Crippen LogP contribution in [0.4, 0.5) is 0 Å². The van der Waals surface area contributed by atoms with Gasteiger partial charge in [-0.05, 0) is 57.3 Å². The number of aliphatic hydroxyl groups is 2. The molecular weight excluding hydrogens is 576 g/mol. The van der Waals surface area contributed by atoms with Crippen LogP contribution in [0.1, 0.15) is 162 Å². The maximum absolute atomic E-state index is 11.9. The highest BCUT2D eigenvalue weighted by molar-refractivity contribution is 5.69. The van der Waals surface area contributed by atoms with E-state index in [0.29, 0.717) is 19.3 Å². The van der Waals surface area contributed by atoms with Crippen LogP contribution < -0.4 is 0 Å². The fourth-order valence-electron chi connectivity index (χ4n) is 4.95. The number of hydrogen-bond acceptors (Lipinski definition) is 6. The van der Waals surface area contributed by atoms with Crippen LogP contribution in [-0.2, 0) is 19.1 Å². The Morgan fingerprint density at radius 3 is 1.54 bits per heavy atom. The summed E-state index contributed by atoms with van der Waals surface area (Å²) in [6.45, 7) is 6.40. The number of allylic oxidation sites excluding steroid dienone is 7. The van der Waals surface area contributed by atoms with Gasteiger partial charge in [0.05, 0.1) is 6.10 Å². The molecule has 0 aromatic heterocycles. The Balaban J connectivity index is 3.59. The maximum atomic E-state index is 11.9. The van der Waals surface area contributed by atoms with Gasteiger partial charge < -0.3 is 19.7 Å². The highest BCUT2D eigenvalue weighted by Gasteiger charge is 2.12. The molecule has 0 saturated heterocycles. The molecule has 6 nitrogen and oxygen atoms in total. The summed E-state index contributed by atoms with van der Waals surface area (Å²) in [6, 6.07) is 0. The fraction of sp³-hybridized carbons (Fsp3) is 0.750. The van der Waals surface area contributed by atoms with Crippen molar-refractivity contribution in [1.29, 1.82) is 0 Å². The molecule has 0 aliphatic carbocycles. The highest BCUT2D eigenvalue weighted by atomic mass is 16.6. The molecule has 0 aliphatic rings. The summed E-state index contributed by atoms with van der Waals surface area (Å²) in [5, 5.41) is 19.7. The number of esters is 2. The van der Waals surface area contributed by atoms with Gasteiger partial charge in [0.15, 0.2) is 0 Å². The smallest absolute Gasteiger partial charge is 0.305 e. The summed E-state index contributed by atoms with van der Waals surface area (Å²) < 4.78 is 10.3. The third-order valence-corrected chi connectivity index (χ3v) is 8.16. The topological polar surface area (TPSA) is 93.1 Å². The molecule has 2 unspecified atom stereocenters. The Bertz CT molecular complexity index is 815. The van der Waals surface area contributed by atoms with Gasteiger partial charge in [-0.1, -0.05) is 146 Å². The average molecular weight is 647 g/mol. The first-order valence-corrected chi connectivity index (χ1v) is 18.7. The van der Waals surface area contributed by atoms with Crippen molar-refractivity contribution in [1.82, 2.24) is 0 Å². The minimum Gasteiger partial charge on any atom is -0.463 e. The molecule has 6 heteroatoms. The molecule has 0 amide bonds.